The van der Waals surface area contributed by atoms with Crippen LogP contribution < -0.4 is 14.8 Å². The van der Waals surface area contributed by atoms with E-state index in [4.69, 9.17) is 9.47 Å². The molecule has 0 saturated heterocycles. The van der Waals surface area contributed by atoms with E-state index in [1.165, 1.54) is 11.3 Å². The molecule has 0 bridgehead atoms. The summed E-state index contributed by atoms with van der Waals surface area (Å²) in [4.78, 5) is 16.6. The highest BCUT2D eigenvalue weighted by Gasteiger charge is 2.15. The summed E-state index contributed by atoms with van der Waals surface area (Å²) in [5.74, 6) is 1.33. The van der Waals surface area contributed by atoms with Crippen molar-refractivity contribution in [2.75, 3.05) is 18.5 Å². The molecule has 0 unspecified atom stereocenters. The van der Waals surface area contributed by atoms with Gasteiger partial charge in [-0.2, -0.15) is 5.10 Å². The molecular weight excluding hydrogens is 328 g/mol. The number of hydrogen-bond donors (Lipinski definition) is 1. The highest BCUT2D eigenvalue weighted by Crippen LogP contribution is 2.37. The number of hydrogen-bond acceptors (Lipinski definition) is 6. The number of nitrogens with one attached hydrogen (secondary N) is 1. The van der Waals surface area contributed by atoms with Gasteiger partial charge in [0.15, 0.2) is 16.6 Å². The van der Waals surface area contributed by atoms with Crippen LogP contribution in [0, 0.1) is 0 Å². The molecule has 4 rings (SSSR count). The molecule has 3 heterocycles. The molecule has 1 N–H and O–H groups in total. The van der Waals surface area contributed by atoms with E-state index in [-0.39, 0.29) is 12.3 Å². The Morgan fingerprint density at radius 2 is 2.12 bits per heavy atom. The SMILES string of the molecule is Cn1cc(CC(=O)Nc2nc3cc4c(cc3s2)OCCCO4)cn1. The third kappa shape index (κ3) is 3.05. The van der Waals surface area contributed by atoms with E-state index in [1.807, 2.05) is 25.4 Å². The Labute approximate surface area is 142 Å². The molecule has 124 valence electrons. The summed E-state index contributed by atoms with van der Waals surface area (Å²) in [7, 11) is 1.82. The Morgan fingerprint density at radius 3 is 2.88 bits per heavy atom. The Bertz CT molecular complexity index is 859. The van der Waals surface area contributed by atoms with Gasteiger partial charge in [0.2, 0.25) is 5.91 Å². The van der Waals surface area contributed by atoms with Gasteiger partial charge in [-0.3, -0.25) is 9.48 Å². The summed E-state index contributed by atoms with van der Waals surface area (Å²) in [5.41, 5.74) is 1.66. The Kier molecular flexibility index (Phi) is 3.81. The number of fused-ring (bicyclic) bond motifs is 2. The van der Waals surface area contributed by atoms with Crippen molar-refractivity contribution in [3.63, 3.8) is 0 Å². The number of benzene rings is 1. The summed E-state index contributed by atoms with van der Waals surface area (Å²) in [6, 6.07) is 3.79. The van der Waals surface area contributed by atoms with Crippen LogP contribution >= 0.6 is 11.3 Å². The summed E-state index contributed by atoms with van der Waals surface area (Å²) < 4.78 is 14.0. The number of rotatable bonds is 3. The second-order valence-electron chi connectivity index (χ2n) is 5.58. The molecule has 8 heteroatoms. The molecular formula is C16H16N4O3S. The van der Waals surface area contributed by atoms with Gasteiger partial charge >= 0.3 is 0 Å². The van der Waals surface area contributed by atoms with Gasteiger partial charge in [-0.1, -0.05) is 11.3 Å². The first-order chi connectivity index (χ1) is 11.7. The van der Waals surface area contributed by atoms with Crippen LogP contribution in [0.25, 0.3) is 10.2 Å². The molecule has 0 radical (unpaired) electrons. The molecule has 2 aromatic heterocycles. The Hall–Kier alpha value is -2.61. The monoisotopic (exact) mass is 344 g/mol. The number of nitrogens with zero attached hydrogens (tertiary/aromatic N) is 3. The lowest BCUT2D eigenvalue weighted by Crippen LogP contribution is -2.13. The summed E-state index contributed by atoms with van der Waals surface area (Å²) in [6.45, 7) is 1.28. The number of amides is 1. The number of aromatic nitrogens is 3. The van der Waals surface area contributed by atoms with Crippen molar-refractivity contribution >= 4 is 32.6 Å². The second kappa shape index (κ2) is 6.12. The molecule has 0 atom stereocenters. The van der Waals surface area contributed by atoms with Crippen LogP contribution in [-0.4, -0.2) is 33.9 Å². The largest absolute Gasteiger partial charge is 0.490 e. The minimum absolute atomic E-state index is 0.115. The van der Waals surface area contributed by atoms with Crippen molar-refractivity contribution in [1.82, 2.24) is 14.8 Å². The number of carbonyl (C=O) groups is 1. The molecule has 1 aromatic carbocycles. The highest BCUT2D eigenvalue weighted by molar-refractivity contribution is 7.22. The van der Waals surface area contributed by atoms with Crippen LogP contribution in [-0.2, 0) is 18.3 Å². The van der Waals surface area contributed by atoms with Gasteiger partial charge in [0.05, 0.1) is 36.0 Å². The standard InChI is InChI=1S/C16H16N4O3S/c1-20-9-10(8-17-20)5-15(21)19-16-18-11-6-12-13(7-14(11)24-16)23-4-2-3-22-12/h6-9H,2-5H2,1H3,(H,18,19,21). The summed E-state index contributed by atoms with van der Waals surface area (Å²) in [5, 5.41) is 7.47. The van der Waals surface area contributed by atoms with Crippen molar-refractivity contribution in [3.05, 3.63) is 30.1 Å². The Balaban J connectivity index is 1.53. The second-order valence-corrected chi connectivity index (χ2v) is 6.61. The van der Waals surface area contributed by atoms with Gasteiger partial charge < -0.3 is 14.8 Å². The molecule has 7 nitrogen and oxygen atoms in total. The minimum atomic E-state index is -0.115. The zero-order valence-corrected chi connectivity index (χ0v) is 13.9. The quantitative estimate of drug-likeness (QED) is 0.789. The lowest BCUT2D eigenvalue weighted by Gasteiger charge is -2.05. The molecule has 0 aliphatic carbocycles. The van der Waals surface area contributed by atoms with Crippen LogP contribution in [0.1, 0.15) is 12.0 Å². The van der Waals surface area contributed by atoms with E-state index in [9.17, 15) is 4.79 Å². The lowest BCUT2D eigenvalue weighted by molar-refractivity contribution is -0.115. The predicted molar refractivity (Wildman–Crippen MR) is 90.8 cm³/mol. The lowest BCUT2D eigenvalue weighted by atomic mass is 10.2. The van der Waals surface area contributed by atoms with Crippen molar-refractivity contribution in [3.8, 4) is 11.5 Å². The van der Waals surface area contributed by atoms with Crippen molar-refractivity contribution in [2.24, 2.45) is 7.05 Å². The molecule has 1 aliphatic rings. The number of anilines is 1. The third-order valence-electron chi connectivity index (χ3n) is 3.63. The maximum Gasteiger partial charge on any atom is 0.230 e. The smallest absolute Gasteiger partial charge is 0.230 e. The van der Waals surface area contributed by atoms with Gasteiger partial charge in [-0.25, -0.2) is 4.98 Å². The summed E-state index contributed by atoms with van der Waals surface area (Å²) >= 11 is 1.42. The maximum atomic E-state index is 12.1. The van der Waals surface area contributed by atoms with E-state index in [0.29, 0.717) is 24.1 Å². The predicted octanol–water partition coefficient (Wildman–Crippen LogP) is 2.37. The van der Waals surface area contributed by atoms with Gasteiger partial charge in [0.1, 0.15) is 0 Å². The van der Waals surface area contributed by atoms with Gasteiger partial charge in [-0.15, -0.1) is 0 Å². The van der Waals surface area contributed by atoms with Gasteiger partial charge in [0.25, 0.3) is 0 Å². The van der Waals surface area contributed by atoms with Crippen molar-refractivity contribution < 1.29 is 14.3 Å². The number of ether oxygens (including phenoxy) is 2. The fourth-order valence-corrected chi connectivity index (χ4v) is 3.44. The third-order valence-corrected chi connectivity index (χ3v) is 4.56. The number of carbonyl (C=O) groups excluding carboxylic acids is 1. The first kappa shape index (κ1) is 14.9. The molecule has 0 saturated carbocycles. The zero-order chi connectivity index (χ0) is 16.5. The average Bonchev–Trinajstić information content (AvgIpc) is 3.03. The molecule has 3 aromatic rings. The van der Waals surface area contributed by atoms with Crippen LogP contribution in [0.4, 0.5) is 5.13 Å². The zero-order valence-electron chi connectivity index (χ0n) is 13.1. The van der Waals surface area contributed by atoms with E-state index in [2.05, 4.69) is 15.4 Å². The topological polar surface area (TPSA) is 78.3 Å². The molecule has 1 amide bonds. The number of thiazole rings is 1. The molecule has 0 spiro atoms. The summed E-state index contributed by atoms with van der Waals surface area (Å²) in [6.07, 6.45) is 4.64. The van der Waals surface area contributed by atoms with Crippen LogP contribution in [0.3, 0.4) is 0 Å². The fourth-order valence-electron chi connectivity index (χ4n) is 2.55. The van der Waals surface area contributed by atoms with Crippen molar-refractivity contribution in [2.45, 2.75) is 12.8 Å². The first-order valence-corrected chi connectivity index (χ1v) is 8.46. The fraction of sp³-hybridized carbons (Fsp3) is 0.312. The van der Waals surface area contributed by atoms with E-state index in [1.54, 1.807) is 10.9 Å². The van der Waals surface area contributed by atoms with Crippen LogP contribution in [0.5, 0.6) is 11.5 Å². The minimum Gasteiger partial charge on any atom is -0.490 e. The Morgan fingerprint density at radius 1 is 1.33 bits per heavy atom. The van der Waals surface area contributed by atoms with E-state index >= 15 is 0 Å². The molecule has 0 fully saturated rings. The highest BCUT2D eigenvalue weighted by atomic mass is 32.1. The molecule has 1 aliphatic heterocycles. The number of aryl methyl sites for hydroxylation is 1. The van der Waals surface area contributed by atoms with Gasteiger partial charge in [-0.05, 0) is 5.56 Å². The van der Waals surface area contributed by atoms with E-state index in [0.717, 1.165) is 28.0 Å². The van der Waals surface area contributed by atoms with Gasteiger partial charge in [0, 0.05) is 31.8 Å². The van der Waals surface area contributed by atoms with Crippen molar-refractivity contribution in [1.29, 1.82) is 0 Å². The first-order valence-electron chi connectivity index (χ1n) is 7.65. The molecule has 24 heavy (non-hydrogen) atoms. The van der Waals surface area contributed by atoms with Crippen LogP contribution in [0.2, 0.25) is 0 Å². The van der Waals surface area contributed by atoms with Crippen LogP contribution in [0.15, 0.2) is 24.5 Å². The normalized spacial score (nSPS) is 13.7. The maximum absolute atomic E-state index is 12.1. The van der Waals surface area contributed by atoms with E-state index < -0.39 is 0 Å². The average molecular weight is 344 g/mol.